The Morgan fingerprint density at radius 3 is 2.50 bits per heavy atom. The molecule has 32 heavy (non-hydrogen) atoms. The third-order valence-corrected chi connectivity index (χ3v) is 5.63. The Hall–Kier alpha value is -3.47. The van der Waals surface area contributed by atoms with E-state index in [1.807, 2.05) is 30.3 Å². The lowest BCUT2D eigenvalue weighted by Crippen LogP contribution is -2.52. The number of nitrogens with zero attached hydrogens (tertiary/aromatic N) is 5. The largest absolute Gasteiger partial charge is 0.445 e. The maximum Gasteiger partial charge on any atom is 0.410 e. The summed E-state index contributed by atoms with van der Waals surface area (Å²) < 4.78 is 7.54. The van der Waals surface area contributed by atoms with Crippen molar-refractivity contribution in [2.45, 2.75) is 6.61 Å². The van der Waals surface area contributed by atoms with Crippen LogP contribution < -0.4 is 5.32 Å². The van der Waals surface area contributed by atoms with Gasteiger partial charge in [0.15, 0.2) is 5.65 Å². The fraction of sp³-hybridized carbons (Fsp3) is 0.286. The van der Waals surface area contributed by atoms with Crippen molar-refractivity contribution < 1.29 is 19.1 Å². The molecule has 0 radical (unpaired) electrons. The van der Waals surface area contributed by atoms with Crippen LogP contribution in [0.4, 0.5) is 4.79 Å². The van der Waals surface area contributed by atoms with Gasteiger partial charge in [0.1, 0.15) is 6.61 Å². The summed E-state index contributed by atoms with van der Waals surface area (Å²) in [6.07, 6.45) is 4.17. The zero-order valence-electron chi connectivity index (χ0n) is 17.1. The second kappa shape index (κ2) is 9.77. The lowest BCUT2D eigenvalue weighted by Gasteiger charge is -2.34. The van der Waals surface area contributed by atoms with E-state index in [-0.39, 0.29) is 19.1 Å². The highest BCUT2D eigenvalue weighted by atomic mass is 79.9. The molecule has 0 atom stereocenters. The predicted molar refractivity (Wildman–Crippen MR) is 118 cm³/mol. The van der Waals surface area contributed by atoms with E-state index >= 15 is 0 Å². The van der Waals surface area contributed by atoms with Gasteiger partial charge in [-0.2, -0.15) is 5.10 Å². The molecule has 3 amide bonds. The molecule has 1 aliphatic heterocycles. The predicted octanol–water partition coefficient (Wildman–Crippen LogP) is 1.70. The number of fused-ring (bicyclic) bond motifs is 1. The molecule has 0 saturated carbocycles. The van der Waals surface area contributed by atoms with Crippen LogP contribution in [0.25, 0.3) is 5.65 Å². The van der Waals surface area contributed by atoms with Gasteiger partial charge in [-0.05, 0) is 21.5 Å². The van der Waals surface area contributed by atoms with E-state index in [9.17, 15) is 14.4 Å². The monoisotopic (exact) mass is 500 g/mol. The molecule has 2 aromatic heterocycles. The molecule has 1 N–H and O–H groups in total. The van der Waals surface area contributed by atoms with Crippen LogP contribution in [0.3, 0.4) is 0 Å². The molecule has 0 aliphatic carbocycles. The summed E-state index contributed by atoms with van der Waals surface area (Å²) in [7, 11) is 0. The second-order valence-corrected chi connectivity index (χ2v) is 8.05. The average Bonchev–Trinajstić information content (AvgIpc) is 3.21. The normalized spacial score (nSPS) is 13.8. The molecule has 1 aliphatic rings. The van der Waals surface area contributed by atoms with E-state index in [0.717, 1.165) is 10.0 Å². The van der Waals surface area contributed by atoms with Crippen LogP contribution >= 0.6 is 15.9 Å². The Balaban J connectivity index is 1.21. The Morgan fingerprint density at radius 2 is 1.75 bits per heavy atom. The molecule has 10 nitrogen and oxygen atoms in total. The SMILES string of the molecule is O=C(NCC(=O)N1CCN(C(=O)OCc2ccccc2)CC1)c1cnc2c(Br)cnn2c1. The van der Waals surface area contributed by atoms with Crippen molar-refractivity contribution in [1.82, 2.24) is 29.7 Å². The number of carbonyl (C=O) groups is 3. The zero-order chi connectivity index (χ0) is 22.5. The van der Waals surface area contributed by atoms with E-state index in [1.165, 1.54) is 10.7 Å². The lowest BCUT2D eigenvalue weighted by atomic mass is 10.2. The number of hydrogen-bond donors (Lipinski definition) is 1. The molecule has 1 aromatic carbocycles. The summed E-state index contributed by atoms with van der Waals surface area (Å²) in [5.74, 6) is -0.631. The van der Waals surface area contributed by atoms with Gasteiger partial charge in [-0.1, -0.05) is 30.3 Å². The summed E-state index contributed by atoms with van der Waals surface area (Å²) in [5.41, 5.74) is 1.81. The maximum absolute atomic E-state index is 12.5. The van der Waals surface area contributed by atoms with Crippen LogP contribution in [-0.4, -0.2) is 75.0 Å². The first-order valence-corrected chi connectivity index (χ1v) is 10.8. The highest BCUT2D eigenvalue weighted by Gasteiger charge is 2.25. The minimum absolute atomic E-state index is 0.141. The average molecular weight is 501 g/mol. The van der Waals surface area contributed by atoms with Crippen molar-refractivity contribution in [3.8, 4) is 0 Å². The van der Waals surface area contributed by atoms with E-state index < -0.39 is 12.0 Å². The number of amides is 3. The number of nitrogens with one attached hydrogen (secondary N) is 1. The van der Waals surface area contributed by atoms with Crippen molar-refractivity contribution in [3.63, 3.8) is 0 Å². The van der Waals surface area contributed by atoms with Crippen molar-refractivity contribution in [3.05, 3.63) is 64.5 Å². The lowest BCUT2D eigenvalue weighted by molar-refractivity contribution is -0.131. The van der Waals surface area contributed by atoms with Gasteiger partial charge in [0.25, 0.3) is 5.91 Å². The molecule has 0 spiro atoms. The topological polar surface area (TPSA) is 109 Å². The highest BCUT2D eigenvalue weighted by molar-refractivity contribution is 9.10. The third kappa shape index (κ3) is 5.05. The number of ether oxygens (including phenoxy) is 1. The Kier molecular flexibility index (Phi) is 6.64. The summed E-state index contributed by atoms with van der Waals surface area (Å²) in [6, 6.07) is 9.45. The number of piperazine rings is 1. The van der Waals surface area contributed by atoms with Crippen molar-refractivity contribution >= 4 is 39.5 Å². The van der Waals surface area contributed by atoms with Crippen LogP contribution in [0.2, 0.25) is 0 Å². The first-order valence-electron chi connectivity index (χ1n) is 10.0. The summed E-state index contributed by atoms with van der Waals surface area (Å²) in [4.78, 5) is 44.5. The summed E-state index contributed by atoms with van der Waals surface area (Å²) in [5, 5.41) is 6.70. The molecular weight excluding hydrogens is 480 g/mol. The zero-order valence-corrected chi connectivity index (χ0v) is 18.7. The summed E-state index contributed by atoms with van der Waals surface area (Å²) >= 11 is 3.33. The quantitative estimate of drug-likeness (QED) is 0.570. The second-order valence-electron chi connectivity index (χ2n) is 7.19. The van der Waals surface area contributed by atoms with Crippen LogP contribution in [0.1, 0.15) is 15.9 Å². The standard InChI is InChI=1S/C21H21BrN6O4/c22-17-11-25-28-13-16(10-23-19(17)28)20(30)24-12-18(29)26-6-8-27(9-7-26)21(31)32-14-15-4-2-1-3-5-15/h1-5,10-11,13H,6-9,12,14H2,(H,24,30). The molecule has 166 valence electrons. The Bertz CT molecular complexity index is 1130. The molecular formula is C21H21BrN6O4. The molecule has 1 saturated heterocycles. The Labute approximate surface area is 192 Å². The highest BCUT2D eigenvalue weighted by Crippen LogP contribution is 2.15. The number of hydrogen-bond acceptors (Lipinski definition) is 6. The van der Waals surface area contributed by atoms with Gasteiger partial charge < -0.3 is 19.9 Å². The minimum atomic E-state index is -0.414. The molecule has 4 rings (SSSR count). The third-order valence-electron chi connectivity index (χ3n) is 5.07. The minimum Gasteiger partial charge on any atom is -0.445 e. The van der Waals surface area contributed by atoms with Gasteiger partial charge in [-0.25, -0.2) is 14.3 Å². The van der Waals surface area contributed by atoms with Crippen LogP contribution in [0, 0.1) is 0 Å². The molecule has 0 bridgehead atoms. The van der Waals surface area contributed by atoms with Crippen LogP contribution in [0.15, 0.2) is 53.4 Å². The number of benzene rings is 1. The Morgan fingerprint density at radius 1 is 1.03 bits per heavy atom. The fourth-order valence-electron chi connectivity index (χ4n) is 3.28. The molecule has 3 aromatic rings. The van der Waals surface area contributed by atoms with Gasteiger partial charge in [0, 0.05) is 38.6 Å². The number of carbonyl (C=O) groups excluding carboxylic acids is 3. The van der Waals surface area contributed by atoms with Gasteiger partial charge >= 0.3 is 6.09 Å². The van der Waals surface area contributed by atoms with Crippen molar-refractivity contribution in [2.24, 2.45) is 0 Å². The van der Waals surface area contributed by atoms with Gasteiger partial charge in [0.2, 0.25) is 5.91 Å². The molecule has 0 unspecified atom stereocenters. The molecule has 1 fully saturated rings. The van der Waals surface area contributed by atoms with E-state index in [4.69, 9.17) is 4.74 Å². The fourth-order valence-corrected chi connectivity index (χ4v) is 3.66. The number of aromatic nitrogens is 3. The van der Waals surface area contributed by atoms with Crippen molar-refractivity contribution in [2.75, 3.05) is 32.7 Å². The van der Waals surface area contributed by atoms with Crippen LogP contribution in [-0.2, 0) is 16.1 Å². The number of rotatable bonds is 5. The first kappa shape index (κ1) is 21.8. The maximum atomic E-state index is 12.5. The summed E-state index contributed by atoms with van der Waals surface area (Å²) in [6.45, 7) is 1.58. The van der Waals surface area contributed by atoms with Crippen LogP contribution in [0.5, 0.6) is 0 Å². The van der Waals surface area contributed by atoms with Gasteiger partial charge in [0.05, 0.1) is 22.8 Å². The first-order chi connectivity index (χ1) is 15.5. The molecule has 11 heteroatoms. The van der Waals surface area contributed by atoms with E-state index in [0.29, 0.717) is 37.4 Å². The number of halogens is 1. The van der Waals surface area contributed by atoms with E-state index in [2.05, 4.69) is 31.3 Å². The van der Waals surface area contributed by atoms with E-state index in [1.54, 1.807) is 22.2 Å². The van der Waals surface area contributed by atoms with Gasteiger partial charge in [-0.3, -0.25) is 9.59 Å². The smallest absolute Gasteiger partial charge is 0.410 e. The van der Waals surface area contributed by atoms with Crippen molar-refractivity contribution in [1.29, 1.82) is 0 Å². The molecule has 3 heterocycles. The van der Waals surface area contributed by atoms with Gasteiger partial charge in [-0.15, -0.1) is 0 Å².